The number of rotatable bonds is 8. The SMILES string of the molecule is COc1cc(C(=O)N[C@@H]2CCC[C@H](C[C@@]3(CCC4CCCCC4)N=C(N)N(C)C3=O)C2)cc(C)n1. The Morgan fingerprint density at radius 3 is 2.60 bits per heavy atom. The molecule has 3 N–H and O–H groups in total. The van der Waals surface area contributed by atoms with Gasteiger partial charge in [-0.3, -0.25) is 14.5 Å². The standard InChI is InChI=1S/C27H41N5O3/c1-18-14-21(16-23(29-18)35-3)24(33)30-22-11-7-10-20(15-22)17-27(25(34)32(2)26(28)31-27)13-12-19-8-5-4-6-9-19/h14,16,19-20,22H,4-13,15,17H2,1-3H3,(H2,28,31)(H,30,33)/t20-,22+,27+/m0/s1. The Morgan fingerprint density at radius 2 is 1.91 bits per heavy atom. The molecule has 1 aliphatic heterocycles. The summed E-state index contributed by atoms with van der Waals surface area (Å²) in [5, 5.41) is 3.22. The molecule has 3 atom stereocenters. The van der Waals surface area contributed by atoms with Crippen molar-refractivity contribution in [3.8, 4) is 5.88 Å². The molecule has 8 heteroatoms. The number of pyridine rings is 1. The molecule has 8 nitrogen and oxygen atoms in total. The number of ether oxygens (including phenoxy) is 1. The third kappa shape index (κ3) is 5.96. The number of aliphatic imine (C=N–C) groups is 1. The van der Waals surface area contributed by atoms with E-state index < -0.39 is 5.54 Å². The van der Waals surface area contributed by atoms with Gasteiger partial charge in [0.25, 0.3) is 11.8 Å². The smallest absolute Gasteiger partial charge is 0.257 e. The molecular formula is C27H41N5O3. The fourth-order valence-corrected chi connectivity index (χ4v) is 6.30. The number of guanidine groups is 1. The van der Waals surface area contributed by atoms with E-state index in [1.165, 1.54) is 37.0 Å². The van der Waals surface area contributed by atoms with Crippen LogP contribution < -0.4 is 15.8 Å². The van der Waals surface area contributed by atoms with Gasteiger partial charge in [-0.1, -0.05) is 44.9 Å². The average molecular weight is 484 g/mol. The topological polar surface area (TPSA) is 110 Å². The highest BCUT2D eigenvalue weighted by atomic mass is 16.5. The lowest BCUT2D eigenvalue weighted by atomic mass is 9.74. The first-order valence-corrected chi connectivity index (χ1v) is 13.3. The van der Waals surface area contributed by atoms with Gasteiger partial charge in [0.15, 0.2) is 5.96 Å². The van der Waals surface area contributed by atoms with Crippen molar-refractivity contribution in [3.05, 3.63) is 23.4 Å². The molecule has 2 heterocycles. The van der Waals surface area contributed by atoms with Crippen molar-refractivity contribution in [2.75, 3.05) is 14.2 Å². The van der Waals surface area contributed by atoms with E-state index in [1.807, 2.05) is 6.92 Å². The number of likely N-dealkylation sites (N-methyl/N-ethyl adjacent to an activating group) is 1. The number of carbonyl (C=O) groups excluding carboxylic acids is 2. The lowest BCUT2D eigenvalue weighted by Crippen LogP contribution is -2.45. The Bertz CT molecular complexity index is 958. The van der Waals surface area contributed by atoms with Crippen molar-refractivity contribution in [3.63, 3.8) is 0 Å². The summed E-state index contributed by atoms with van der Waals surface area (Å²) in [7, 11) is 3.29. The van der Waals surface area contributed by atoms with Gasteiger partial charge in [0, 0.05) is 30.4 Å². The summed E-state index contributed by atoms with van der Waals surface area (Å²) in [6, 6.07) is 3.53. The maximum Gasteiger partial charge on any atom is 0.257 e. The molecule has 2 aliphatic carbocycles. The molecule has 2 amide bonds. The zero-order chi connectivity index (χ0) is 25.0. The molecule has 2 saturated carbocycles. The molecule has 0 radical (unpaired) electrons. The maximum atomic E-state index is 13.4. The molecule has 0 saturated heterocycles. The Balaban J connectivity index is 1.42. The van der Waals surface area contributed by atoms with Crippen molar-refractivity contribution in [1.82, 2.24) is 15.2 Å². The second-order valence-electron chi connectivity index (χ2n) is 10.9. The Labute approximate surface area is 209 Å². The first-order chi connectivity index (χ1) is 16.8. The zero-order valence-electron chi connectivity index (χ0n) is 21.5. The average Bonchev–Trinajstić information content (AvgIpc) is 3.06. The van der Waals surface area contributed by atoms with Crippen LogP contribution in [0.2, 0.25) is 0 Å². The molecule has 0 aromatic carbocycles. The molecule has 1 aromatic rings. The monoisotopic (exact) mass is 483 g/mol. The second kappa shape index (κ2) is 11.0. The van der Waals surface area contributed by atoms with E-state index >= 15 is 0 Å². The van der Waals surface area contributed by atoms with Gasteiger partial charge >= 0.3 is 0 Å². The number of hydrogen-bond acceptors (Lipinski definition) is 6. The van der Waals surface area contributed by atoms with Crippen molar-refractivity contribution in [1.29, 1.82) is 0 Å². The summed E-state index contributed by atoms with van der Waals surface area (Å²) in [4.78, 5) is 36.9. The number of aryl methyl sites for hydroxylation is 1. The fourth-order valence-electron chi connectivity index (χ4n) is 6.30. The number of amides is 2. The molecule has 0 bridgehead atoms. The molecule has 2 fully saturated rings. The molecule has 0 spiro atoms. The van der Waals surface area contributed by atoms with Gasteiger partial charge in [-0.05, 0) is 56.9 Å². The van der Waals surface area contributed by atoms with Crippen LogP contribution in [0.15, 0.2) is 17.1 Å². The predicted octanol–water partition coefficient (Wildman–Crippen LogP) is 3.96. The van der Waals surface area contributed by atoms with Gasteiger partial charge in [-0.15, -0.1) is 0 Å². The van der Waals surface area contributed by atoms with E-state index in [9.17, 15) is 9.59 Å². The van der Waals surface area contributed by atoms with Crippen LogP contribution in [-0.4, -0.2) is 53.4 Å². The number of aromatic nitrogens is 1. The molecule has 4 rings (SSSR count). The van der Waals surface area contributed by atoms with Crippen LogP contribution in [0.4, 0.5) is 0 Å². The second-order valence-corrected chi connectivity index (χ2v) is 10.9. The van der Waals surface area contributed by atoms with Gasteiger partial charge in [-0.25, -0.2) is 9.98 Å². The van der Waals surface area contributed by atoms with Crippen LogP contribution >= 0.6 is 0 Å². The molecule has 1 aromatic heterocycles. The number of nitrogens with one attached hydrogen (secondary N) is 1. The van der Waals surface area contributed by atoms with Gasteiger partial charge in [-0.2, -0.15) is 0 Å². The molecule has 35 heavy (non-hydrogen) atoms. The molecular weight excluding hydrogens is 442 g/mol. The summed E-state index contributed by atoms with van der Waals surface area (Å²) in [6.07, 6.45) is 12.8. The van der Waals surface area contributed by atoms with Crippen LogP contribution in [0, 0.1) is 18.8 Å². The van der Waals surface area contributed by atoms with Gasteiger partial charge in [0.1, 0.15) is 5.54 Å². The molecule has 192 valence electrons. The van der Waals surface area contributed by atoms with Gasteiger partial charge < -0.3 is 15.8 Å². The summed E-state index contributed by atoms with van der Waals surface area (Å²) in [6.45, 7) is 1.85. The minimum Gasteiger partial charge on any atom is -0.481 e. The van der Waals surface area contributed by atoms with Crippen LogP contribution in [0.1, 0.15) is 93.1 Å². The van der Waals surface area contributed by atoms with Gasteiger partial charge in [0.05, 0.1) is 7.11 Å². The lowest BCUT2D eigenvalue weighted by Gasteiger charge is -2.35. The van der Waals surface area contributed by atoms with Crippen LogP contribution in [0.3, 0.4) is 0 Å². The minimum absolute atomic E-state index is 0.0383. The largest absolute Gasteiger partial charge is 0.481 e. The number of hydrogen-bond donors (Lipinski definition) is 2. The third-order valence-electron chi connectivity index (χ3n) is 8.21. The van der Waals surface area contributed by atoms with Crippen LogP contribution in [-0.2, 0) is 4.79 Å². The van der Waals surface area contributed by atoms with Gasteiger partial charge in [0.2, 0.25) is 5.88 Å². The van der Waals surface area contributed by atoms with Crippen molar-refractivity contribution < 1.29 is 14.3 Å². The quantitative estimate of drug-likeness (QED) is 0.581. The van der Waals surface area contributed by atoms with Crippen molar-refractivity contribution in [2.45, 2.75) is 95.6 Å². The third-order valence-corrected chi connectivity index (χ3v) is 8.21. The normalized spacial score (nSPS) is 27.6. The fraction of sp³-hybridized carbons (Fsp3) is 0.704. The highest BCUT2D eigenvalue weighted by Crippen LogP contribution is 2.40. The first-order valence-electron chi connectivity index (χ1n) is 13.3. The summed E-state index contributed by atoms with van der Waals surface area (Å²) < 4.78 is 5.22. The lowest BCUT2D eigenvalue weighted by molar-refractivity contribution is -0.131. The van der Waals surface area contributed by atoms with E-state index in [4.69, 9.17) is 15.5 Å². The predicted molar refractivity (Wildman–Crippen MR) is 136 cm³/mol. The number of carbonyl (C=O) groups is 2. The maximum absolute atomic E-state index is 13.4. The molecule has 0 unspecified atom stereocenters. The zero-order valence-corrected chi connectivity index (χ0v) is 21.5. The van der Waals surface area contributed by atoms with Crippen LogP contribution in [0.5, 0.6) is 5.88 Å². The van der Waals surface area contributed by atoms with E-state index in [1.54, 1.807) is 26.3 Å². The first kappa shape index (κ1) is 25.5. The van der Waals surface area contributed by atoms with Crippen molar-refractivity contribution in [2.24, 2.45) is 22.6 Å². The highest BCUT2D eigenvalue weighted by molar-refractivity contribution is 6.06. The summed E-state index contributed by atoms with van der Waals surface area (Å²) in [5.74, 6) is 1.72. The van der Waals surface area contributed by atoms with Crippen molar-refractivity contribution >= 4 is 17.8 Å². The number of nitrogens with zero attached hydrogens (tertiary/aromatic N) is 3. The number of nitrogens with two attached hydrogens (primary N) is 1. The van der Waals surface area contributed by atoms with Crippen LogP contribution in [0.25, 0.3) is 0 Å². The van der Waals surface area contributed by atoms with E-state index in [0.29, 0.717) is 35.7 Å². The molecule has 3 aliphatic rings. The summed E-state index contributed by atoms with van der Waals surface area (Å²) >= 11 is 0. The van der Waals surface area contributed by atoms with E-state index in [2.05, 4.69) is 10.3 Å². The number of methoxy groups -OCH3 is 1. The summed E-state index contributed by atoms with van der Waals surface area (Å²) in [5.41, 5.74) is 6.69. The Kier molecular flexibility index (Phi) is 7.97. The van der Waals surface area contributed by atoms with E-state index in [-0.39, 0.29) is 17.9 Å². The Morgan fingerprint density at radius 1 is 1.17 bits per heavy atom. The Hall–Kier alpha value is -2.64. The minimum atomic E-state index is -0.748. The highest BCUT2D eigenvalue weighted by Gasteiger charge is 2.48. The van der Waals surface area contributed by atoms with E-state index in [0.717, 1.165) is 44.2 Å².